The van der Waals surface area contributed by atoms with Crippen LogP contribution in [-0.4, -0.2) is 147 Å². The molecule has 1 aliphatic rings. The van der Waals surface area contributed by atoms with Crippen molar-refractivity contribution in [2.75, 3.05) is 36.0 Å². The van der Waals surface area contributed by atoms with Crippen molar-refractivity contribution >= 4 is 111 Å². The van der Waals surface area contributed by atoms with E-state index in [0.717, 1.165) is 11.1 Å². The molecule has 0 spiro atoms. The predicted molar refractivity (Wildman–Crippen MR) is 416 cm³/mol. The summed E-state index contributed by atoms with van der Waals surface area (Å²) in [6, 6.07) is 45.7. The number of nitrogens with one attached hydrogen (secondary N) is 5. The Morgan fingerprint density at radius 2 is 0.914 bits per heavy atom. The summed E-state index contributed by atoms with van der Waals surface area (Å²) in [6.45, 7) is 14.8. The Morgan fingerprint density at radius 3 is 1.31 bits per heavy atom. The van der Waals surface area contributed by atoms with E-state index in [1.165, 1.54) is 78.5 Å². The molecule has 39 heteroatoms. The topological polar surface area (TPSA) is 458 Å². The van der Waals surface area contributed by atoms with Crippen molar-refractivity contribution in [3.63, 3.8) is 0 Å². The number of carbonyl (C=O) groups excluding carboxylic acids is 4. The van der Waals surface area contributed by atoms with Crippen LogP contribution in [0.1, 0.15) is 130 Å². The van der Waals surface area contributed by atoms with Crippen LogP contribution in [0.4, 0.5) is 41.6 Å². The normalized spacial score (nSPS) is 12.8. The number of aromatic nitrogens is 7. The summed E-state index contributed by atoms with van der Waals surface area (Å²) < 4.78 is 56.9. The van der Waals surface area contributed by atoms with Crippen LogP contribution in [0.3, 0.4) is 0 Å². The Kier molecular flexibility index (Phi) is 41.9. The van der Waals surface area contributed by atoms with E-state index in [1.807, 2.05) is 52.0 Å². The van der Waals surface area contributed by atoms with Crippen molar-refractivity contribution in [2.24, 2.45) is 0 Å². The molecule has 596 valence electrons. The number of halogens is 7. The van der Waals surface area contributed by atoms with Crippen molar-refractivity contribution in [3.05, 3.63) is 218 Å². The molecule has 3 atom stereocenters. The fourth-order valence-corrected chi connectivity index (χ4v) is 9.96. The van der Waals surface area contributed by atoms with Gasteiger partial charge in [0, 0.05) is 35.7 Å². The first-order chi connectivity index (χ1) is 53.2. The molecule has 7 aromatic heterocycles. The van der Waals surface area contributed by atoms with E-state index in [1.54, 1.807) is 118 Å². The van der Waals surface area contributed by atoms with Gasteiger partial charge in [-0.3, -0.25) is 24.2 Å². The molecule has 1 saturated heterocycles. The zero-order valence-electron chi connectivity index (χ0n) is 65.7. The Labute approximate surface area is 818 Å². The summed E-state index contributed by atoms with van der Waals surface area (Å²) in [4.78, 5) is 60.3. The fraction of sp³-hybridized carbons (Fsp3) is 0.273. The van der Waals surface area contributed by atoms with E-state index in [0.29, 0.717) is 73.2 Å². The van der Waals surface area contributed by atoms with Gasteiger partial charge < -0.3 is 92.5 Å². The standard InChI is InChI=1S/C26H22FN7O2.C18H18ClFN4O2.C14H16BN3O2.C11H13Cl2FN2O2.C7H6N2.CH2O3.2Cs.HI.H/c1-26(2,36)24(27)15-31-25(35)20-14-30-22(10-21(20)33-18-5-3-16(11-28)4-6-18)23-8-7-19-9-17(12-29)13-32-34(19)23;1-18(2,26)15(20)10-23-17(25)13-9-22-16(19)7-14(13)24-12-5-3-11(8-21)4-6-12;1-13(2)14(3,4)20-15(19-13)12-6-5-11-7-10(8-16)9-17-18(11)12;1-11(2,18)8(14)5-16-10(17)6-4-15-9(13)3-7(6)12;8-5-6-1-3-7(9)4-2-6;2-1-4-3;;;;/h3-10,13-14,24,36H,15H2,1-2H3,(H,30,33)(H,31,35);3-7,9,15,26H,10H2,1-2H3,(H,22,24)(H,23,25);5-7,9H,1-4H3;3-4,8,18H,5H2,1-2H3,(H,16,17);1-4H,9H2;1,3H;;;1H;/q;;;;;;2*+1;;-1/p-2/t24-;15-;;8-;;;;;;/m11.1....../s1. The van der Waals surface area contributed by atoms with E-state index in [4.69, 9.17) is 86.2 Å². The number of pyridine rings is 3. The molecular weight excluding hydrogens is 1920 g/mol. The SMILES string of the molecule is CC(C)(O)[C@H](F)CNC(=O)c1cnc(-c2ccc3cc(C#N)cnn23)cc1Nc1ccc(C#N)cc1.CC(C)(O)[C@H](F)CNC(=O)c1cnc(Cl)cc1Cl.CC(C)(O)[C@H](F)CNC(=O)c1cnc(Cl)cc1Nc1ccc(C#N)cc1.CC1(C)OB(c2ccc3cc(C#N)cnn23)OC1(C)C.N#Cc1ccc(N)cc1.O=CO[O-].[Cs+].[Cs+].[H-].[I-]. The van der Waals surface area contributed by atoms with Crippen LogP contribution in [0.2, 0.25) is 15.3 Å². The Morgan fingerprint density at radius 1 is 0.560 bits per heavy atom. The minimum Gasteiger partial charge on any atom is -1.00 e. The van der Waals surface area contributed by atoms with Gasteiger partial charge in [-0.1, -0.05) is 34.8 Å². The molecule has 0 unspecified atom stereocenters. The van der Waals surface area contributed by atoms with E-state index in [-0.39, 0.29) is 233 Å². The summed E-state index contributed by atoms with van der Waals surface area (Å²) in [5.41, 5.74) is 9.20. The number of nitriles is 5. The second kappa shape index (κ2) is 47.4. The summed E-state index contributed by atoms with van der Waals surface area (Å²) in [5, 5.41) is 104. The first-order valence-electron chi connectivity index (χ1n) is 33.7. The summed E-state index contributed by atoms with van der Waals surface area (Å²) in [7, 11) is -0.456. The molecule has 116 heavy (non-hydrogen) atoms. The number of nitrogens with zero attached hydrogens (tertiary/aromatic N) is 12. The van der Waals surface area contributed by atoms with Crippen LogP contribution in [0.25, 0.3) is 22.4 Å². The number of carbonyl (C=O) groups is 4. The molecule has 0 bridgehead atoms. The predicted octanol–water partition coefficient (Wildman–Crippen LogP) is 1.34. The van der Waals surface area contributed by atoms with Crippen molar-refractivity contribution in [1.82, 2.24) is 50.1 Å². The molecule has 3 amide bonds. The summed E-state index contributed by atoms with van der Waals surface area (Å²) >= 11 is 17.3. The van der Waals surface area contributed by atoms with Gasteiger partial charge >= 0.3 is 145 Å². The van der Waals surface area contributed by atoms with E-state index < -0.39 is 60.2 Å². The van der Waals surface area contributed by atoms with Gasteiger partial charge in [-0.15, -0.1) is 0 Å². The van der Waals surface area contributed by atoms with Gasteiger partial charge in [0.2, 0.25) is 0 Å². The Balaban J connectivity index is 0.000000510. The van der Waals surface area contributed by atoms with Crippen molar-refractivity contribution in [2.45, 2.75) is 116 Å². The fourth-order valence-electron chi connectivity index (χ4n) is 9.35. The summed E-state index contributed by atoms with van der Waals surface area (Å²) in [6.07, 6.45) is 1.98. The minimum atomic E-state index is -1.67. The van der Waals surface area contributed by atoms with Crippen LogP contribution in [0.15, 0.2) is 158 Å². The second-order valence-electron chi connectivity index (χ2n) is 27.2. The third-order valence-corrected chi connectivity index (χ3v) is 17.4. The molecule has 0 radical (unpaired) electrons. The van der Waals surface area contributed by atoms with Crippen molar-refractivity contribution in [3.8, 4) is 41.7 Å². The van der Waals surface area contributed by atoms with Crippen LogP contribution < -0.4 is 205 Å². The zero-order valence-corrected chi connectivity index (χ0v) is 81.7. The quantitative estimate of drug-likeness (QED) is 0.0105. The largest absolute Gasteiger partial charge is 1.00 e. The molecule has 0 saturated carbocycles. The third kappa shape index (κ3) is 30.7. The zero-order chi connectivity index (χ0) is 83.8. The number of fused-ring (bicyclic) bond motifs is 2. The van der Waals surface area contributed by atoms with Crippen molar-refractivity contribution < 1.29 is 230 Å². The van der Waals surface area contributed by atoms with Crippen LogP contribution >= 0.6 is 34.8 Å². The third-order valence-electron chi connectivity index (χ3n) is 16.7. The van der Waals surface area contributed by atoms with E-state index >= 15 is 0 Å². The number of rotatable bonds is 19. The summed E-state index contributed by atoms with van der Waals surface area (Å²) in [5.74, 6) is -1.71. The number of anilines is 5. The maximum atomic E-state index is 14.2. The van der Waals surface area contributed by atoms with Gasteiger partial charge in [-0.05, 0) is 197 Å². The molecule has 1 fully saturated rings. The molecule has 11 rings (SSSR count). The Bertz CT molecular complexity index is 5220. The first-order valence-corrected chi connectivity index (χ1v) is 34.9. The minimum absolute atomic E-state index is 0. The average Bonchev–Trinajstić information content (AvgIpc) is 1.61. The number of nitrogen functional groups attached to an aromatic ring is 1. The average molecular weight is 2000 g/mol. The number of benzene rings is 3. The van der Waals surface area contributed by atoms with Gasteiger partial charge in [-0.2, -0.15) is 36.5 Å². The van der Waals surface area contributed by atoms with E-state index in [9.17, 15) is 42.9 Å². The van der Waals surface area contributed by atoms with E-state index in [2.05, 4.69) is 74.8 Å². The number of amides is 3. The van der Waals surface area contributed by atoms with Crippen LogP contribution in [0.5, 0.6) is 0 Å². The Hall–Kier alpha value is -7.46. The first kappa shape index (κ1) is 103. The smallest absolute Gasteiger partial charge is 1.00 e. The number of aliphatic hydroxyl groups is 3. The molecule has 1 aliphatic heterocycles. The van der Waals surface area contributed by atoms with Crippen LogP contribution in [-0.2, 0) is 19.0 Å². The molecule has 29 nitrogen and oxygen atoms in total. The molecular formula is C77H77BCl3Cs2F3IN18O11-. The number of hydrogen-bond donors (Lipinski definition) is 9. The molecule has 8 heterocycles. The molecule has 10 aromatic rings. The number of hydrogen-bond acceptors (Lipinski definition) is 24. The van der Waals surface area contributed by atoms with Gasteiger partial charge in [0.1, 0.15) is 41.0 Å². The molecule has 3 aromatic carbocycles. The molecule has 0 aliphatic carbocycles. The van der Waals surface area contributed by atoms with Crippen molar-refractivity contribution in [1.29, 1.82) is 26.3 Å². The monoisotopic (exact) mass is 2000 g/mol. The number of alkyl halides is 3. The number of nitrogens with two attached hydrogens (primary N) is 1. The van der Waals surface area contributed by atoms with Gasteiger partial charge in [0.15, 0.2) is 0 Å². The second-order valence-corrected chi connectivity index (χ2v) is 28.3. The van der Waals surface area contributed by atoms with Crippen LogP contribution in [0, 0.1) is 56.7 Å². The molecule has 10 N–H and O–H groups in total. The maximum absolute atomic E-state index is 14.2. The maximum Gasteiger partial charge on any atom is 1.00 e. The van der Waals surface area contributed by atoms with Gasteiger partial charge in [-0.25, -0.2) is 32.2 Å². The van der Waals surface area contributed by atoms with Gasteiger partial charge in [0.25, 0.3) is 24.2 Å². The van der Waals surface area contributed by atoms with Gasteiger partial charge in [0.05, 0.1) is 167 Å².